The molecule has 0 heterocycles. The lowest BCUT2D eigenvalue weighted by Gasteiger charge is -2.31. The zero-order chi connectivity index (χ0) is 16.1. The summed E-state index contributed by atoms with van der Waals surface area (Å²) in [6.07, 6.45) is 12.0. The summed E-state index contributed by atoms with van der Waals surface area (Å²) in [4.78, 5) is 12.5. The van der Waals surface area contributed by atoms with Crippen LogP contribution in [-0.2, 0) is 10.2 Å². The Hall–Kier alpha value is -1.77. The molecule has 23 heavy (non-hydrogen) atoms. The molecule has 1 aromatic carbocycles. The van der Waals surface area contributed by atoms with Crippen LogP contribution in [0.5, 0.6) is 5.75 Å². The van der Waals surface area contributed by atoms with E-state index in [4.69, 9.17) is 4.74 Å². The van der Waals surface area contributed by atoms with Crippen LogP contribution in [0, 0.1) is 5.92 Å². The van der Waals surface area contributed by atoms with Crippen LogP contribution in [0.3, 0.4) is 0 Å². The number of rotatable bonds is 5. The Bertz CT molecular complexity index is 556. The first-order chi connectivity index (χ1) is 11.2. The van der Waals surface area contributed by atoms with E-state index < -0.39 is 0 Å². The first-order valence-corrected chi connectivity index (χ1v) is 8.81. The highest BCUT2D eigenvalue weighted by Crippen LogP contribution is 2.41. The van der Waals surface area contributed by atoms with Crippen molar-refractivity contribution < 1.29 is 9.53 Å². The van der Waals surface area contributed by atoms with Gasteiger partial charge in [-0.15, -0.1) is 0 Å². The van der Waals surface area contributed by atoms with Gasteiger partial charge in [-0.25, -0.2) is 0 Å². The Morgan fingerprint density at radius 1 is 1.22 bits per heavy atom. The molecule has 2 aliphatic carbocycles. The molecule has 3 nitrogen and oxygen atoms in total. The van der Waals surface area contributed by atoms with Gasteiger partial charge in [-0.2, -0.15) is 0 Å². The average Bonchev–Trinajstić information content (AvgIpc) is 3.11. The van der Waals surface area contributed by atoms with E-state index in [0.29, 0.717) is 0 Å². The van der Waals surface area contributed by atoms with Gasteiger partial charge in [-0.05, 0) is 49.8 Å². The van der Waals surface area contributed by atoms with E-state index in [9.17, 15) is 4.79 Å². The second-order valence-electron chi connectivity index (χ2n) is 6.92. The molecule has 0 spiro atoms. The summed E-state index contributed by atoms with van der Waals surface area (Å²) in [5.74, 6) is 1.28. The quantitative estimate of drug-likeness (QED) is 0.835. The summed E-state index contributed by atoms with van der Waals surface area (Å²) in [7, 11) is 1.69. The van der Waals surface area contributed by atoms with Gasteiger partial charge < -0.3 is 10.1 Å². The van der Waals surface area contributed by atoms with Gasteiger partial charge in [0.25, 0.3) is 0 Å². The normalized spacial score (nSPS) is 22.7. The molecular weight excluding hydrogens is 286 g/mol. The Balaban J connectivity index is 1.68. The van der Waals surface area contributed by atoms with Crippen molar-refractivity contribution in [3.63, 3.8) is 0 Å². The number of amides is 1. The maximum atomic E-state index is 12.5. The van der Waals surface area contributed by atoms with Gasteiger partial charge in [0.2, 0.25) is 5.91 Å². The molecule has 0 saturated heterocycles. The largest absolute Gasteiger partial charge is 0.497 e. The first kappa shape index (κ1) is 16.1. The highest BCUT2D eigenvalue weighted by Gasteiger charge is 2.36. The molecule has 1 aromatic rings. The maximum absolute atomic E-state index is 12.5. The van der Waals surface area contributed by atoms with Crippen molar-refractivity contribution in [1.82, 2.24) is 5.32 Å². The van der Waals surface area contributed by atoms with Gasteiger partial charge in [-0.3, -0.25) is 4.79 Å². The molecule has 0 radical (unpaired) electrons. The van der Waals surface area contributed by atoms with E-state index in [-0.39, 0.29) is 17.2 Å². The molecule has 1 saturated carbocycles. The van der Waals surface area contributed by atoms with Crippen molar-refractivity contribution in [2.75, 3.05) is 13.7 Å². The average molecular weight is 313 g/mol. The number of hydrogen-bond acceptors (Lipinski definition) is 2. The number of carbonyl (C=O) groups excluding carboxylic acids is 1. The fourth-order valence-corrected chi connectivity index (χ4v) is 4.00. The second-order valence-corrected chi connectivity index (χ2v) is 6.92. The lowest BCUT2D eigenvalue weighted by Crippen LogP contribution is -2.41. The number of nitrogens with one attached hydrogen (secondary N) is 1. The zero-order valence-electron chi connectivity index (χ0n) is 14.0. The van der Waals surface area contributed by atoms with Crippen molar-refractivity contribution in [2.24, 2.45) is 5.92 Å². The number of allylic oxidation sites excluding steroid dienone is 2. The topological polar surface area (TPSA) is 38.3 Å². The van der Waals surface area contributed by atoms with Crippen LogP contribution in [-0.4, -0.2) is 19.6 Å². The maximum Gasteiger partial charge on any atom is 0.223 e. The smallest absolute Gasteiger partial charge is 0.223 e. The van der Waals surface area contributed by atoms with Crippen molar-refractivity contribution in [1.29, 1.82) is 0 Å². The predicted octanol–water partition coefficient (Wildman–Crippen LogP) is 3.98. The summed E-state index contributed by atoms with van der Waals surface area (Å²) in [5.41, 5.74) is 1.44. The molecule has 3 heteroatoms. The number of benzene rings is 1. The van der Waals surface area contributed by atoms with E-state index >= 15 is 0 Å². The van der Waals surface area contributed by atoms with Gasteiger partial charge in [-0.1, -0.05) is 37.1 Å². The molecule has 3 rings (SSSR count). The van der Waals surface area contributed by atoms with Crippen molar-refractivity contribution in [3.8, 4) is 5.75 Å². The highest BCUT2D eigenvalue weighted by molar-refractivity contribution is 5.79. The molecule has 0 aliphatic heterocycles. The number of ether oxygens (including phenoxy) is 1. The van der Waals surface area contributed by atoms with Gasteiger partial charge in [0, 0.05) is 17.9 Å². The lowest BCUT2D eigenvalue weighted by molar-refractivity contribution is -0.125. The van der Waals surface area contributed by atoms with Crippen LogP contribution < -0.4 is 10.1 Å². The minimum Gasteiger partial charge on any atom is -0.497 e. The van der Waals surface area contributed by atoms with E-state index in [2.05, 4.69) is 29.6 Å². The lowest BCUT2D eigenvalue weighted by atomic mass is 9.78. The van der Waals surface area contributed by atoms with Crippen LogP contribution in [0.15, 0.2) is 36.4 Å². The molecule has 0 bridgehead atoms. The van der Waals surface area contributed by atoms with Crippen LogP contribution in [0.4, 0.5) is 0 Å². The number of methoxy groups -OCH3 is 1. The predicted molar refractivity (Wildman–Crippen MR) is 92.6 cm³/mol. The number of hydrogen-bond donors (Lipinski definition) is 1. The first-order valence-electron chi connectivity index (χ1n) is 8.81. The van der Waals surface area contributed by atoms with E-state index in [0.717, 1.165) is 44.4 Å². The molecule has 0 aromatic heterocycles. The SMILES string of the molecule is COc1ccc(C2(CNC(=O)[C@H]3CC=CCC3)CCCC2)cc1. The third kappa shape index (κ3) is 3.60. The Morgan fingerprint density at radius 2 is 1.96 bits per heavy atom. The molecule has 1 N–H and O–H groups in total. The molecular formula is C20H27NO2. The van der Waals surface area contributed by atoms with E-state index in [1.54, 1.807) is 7.11 Å². The van der Waals surface area contributed by atoms with E-state index in [1.807, 2.05) is 12.1 Å². The number of carbonyl (C=O) groups is 1. The van der Waals surface area contributed by atoms with Gasteiger partial charge in [0.05, 0.1) is 7.11 Å². The summed E-state index contributed by atoms with van der Waals surface area (Å²) in [5, 5.41) is 3.26. The molecule has 1 amide bonds. The van der Waals surface area contributed by atoms with Gasteiger partial charge in [0.15, 0.2) is 0 Å². The highest BCUT2D eigenvalue weighted by atomic mass is 16.5. The van der Waals surface area contributed by atoms with Gasteiger partial charge in [0.1, 0.15) is 5.75 Å². The molecule has 124 valence electrons. The summed E-state index contributed by atoms with van der Waals surface area (Å²) >= 11 is 0. The minimum atomic E-state index is 0.104. The standard InChI is InChI=1S/C20H27NO2/c1-23-18-11-9-17(10-12-18)20(13-5-6-14-20)15-21-19(22)16-7-3-2-4-8-16/h2-3,9-12,16H,4-8,13-15H2,1H3,(H,21,22)/t16-/m0/s1. The zero-order valence-corrected chi connectivity index (χ0v) is 14.0. The van der Waals surface area contributed by atoms with Crippen molar-refractivity contribution in [2.45, 2.75) is 50.4 Å². The Labute approximate surface area is 139 Å². The summed E-state index contributed by atoms with van der Waals surface area (Å²) < 4.78 is 5.27. The van der Waals surface area contributed by atoms with Crippen LogP contribution in [0.1, 0.15) is 50.5 Å². The van der Waals surface area contributed by atoms with Crippen LogP contribution in [0.25, 0.3) is 0 Å². The minimum absolute atomic E-state index is 0.104. The monoisotopic (exact) mass is 313 g/mol. The van der Waals surface area contributed by atoms with Gasteiger partial charge >= 0.3 is 0 Å². The molecule has 1 fully saturated rings. The fourth-order valence-electron chi connectivity index (χ4n) is 4.00. The van der Waals surface area contributed by atoms with E-state index in [1.165, 1.54) is 18.4 Å². The van der Waals surface area contributed by atoms with Crippen molar-refractivity contribution in [3.05, 3.63) is 42.0 Å². The Kier molecular flexibility index (Phi) is 5.04. The van der Waals surface area contributed by atoms with Crippen LogP contribution in [0.2, 0.25) is 0 Å². The summed E-state index contributed by atoms with van der Waals surface area (Å²) in [6.45, 7) is 0.762. The Morgan fingerprint density at radius 3 is 2.57 bits per heavy atom. The third-order valence-electron chi connectivity index (χ3n) is 5.50. The fraction of sp³-hybridized carbons (Fsp3) is 0.550. The molecule has 2 aliphatic rings. The molecule has 1 atom stereocenters. The molecule has 0 unspecified atom stereocenters. The third-order valence-corrected chi connectivity index (χ3v) is 5.50. The summed E-state index contributed by atoms with van der Waals surface area (Å²) in [6, 6.07) is 8.39. The second kappa shape index (κ2) is 7.20. The van der Waals surface area contributed by atoms with Crippen LogP contribution >= 0.6 is 0 Å². The van der Waals surface area contributed by atoms with Crippen molar-refractivity contribution >= 4 is 5.91 Å².